The molecule has 0 unspecified atom stereocenters. The topological polar surface area (TPSA) is 87.3 Å². The van der Waals surface area contributed by atoms with Gasteiger partial charge < -0.3 is 9.47 Å². The van der Waals surface area contributed by atoms with Gasteiger partial charge in [-0.3, -0.25) is 10.2 Å². The lowest BCUT2D eigenvalue weighted by molar-refractivity contribution is -0.114. The van der Waals surface area contributed by atoms with Crippen LogP contribution < -0.4 is 9.47 Å². The van der Waals surface area contributed by atoms with E-state index < -0.39 is 5.91 Å². The fourth-order valence-corrected chi connectivity index (χ4v) is 5.72. The maximum atomic E-state index is 12.7. The molecule has 5 rings (SSSR count). The number of rotatable bonds is 8. The predicted octanol–water partition coefficient (Wildman–Crippen LogP) is 6.27. The number of hydrogen-bond donors (Lipinski definition) is 1. The van der Waals surface area contributed by atoms with Gasteiger partial charge in [0, 0.05) is 5.75 Å². The summed E-state index contributed by atoms with van der Waals surface area (Å²) in [4.78, 5) is 18.5. The third-order valence-corrected chi connectivity index (χ3v) is 7.66. The summed E-state index contributed by atoms with van der Waals surface area (Å²) in [6, 6.07) is 23.5. The molecule has 9 heteroatoms. The summed E-state index contributed by atoms with van der Waals surface area (Å²) in [5.74, 6) is 1.90. The van der Waals surface area contributed by atoms with E-state index in [-0.39, 0.29) is 11.4 Å². The van der Waals surface area contributed by atoms with Gasteiger partial charge >= 0.3 is 0 Å². The fraction of sp³-hybridized carbons (Fsp3) is 0.172. The molecular weight excluding hydrogens is 516 g/mol. The molecule has 3 aromatic rings. The van der Waals surface area contributed by atoms with Crippen LogP contribution in [0.3, 0.4) is 0 Å². The molecule has 0 radical (unpaired) electrons. The molecule has 1 amide bonds. The molecule has 3 aromatic carbocycles. The number of amides is 1. The quantitative estimate of drug-likeness (QED) is 0.205. The molecule has 7 nitrogen and oxygen atoms in total. The van der Waals surface area contributed by atoms with Crippen molar-refractivity contribution in [3.8, 4) is 11.5 Å². The largest absolute Gasteiger partial charge is 0.490 e. The maximum absolute atomic E-state index is 12.7. The second kappa shape index (κ2) is 11.7. The summed E-state index contributed by atoms with van der Waals surface area (Å²) >= 11 is 2.64. The SMILES string of the molecule is Cc1ccc(OCCOc2ccc(C=C3C(=N)N4C(SCc5ccccc5)=NSC4=NC3=O)cc2)c(C)c1. The summed E-state index contributed by atoms with van der Waals surface area (Å²) in [7, 11) is 0. The molecule has 0 aliphatic carbocycles. The van der Waals surface area contributed by atoms with Crippen molar-refractivity contribution in [1.29, 1.82) is 5.41 Å². The molecule has 38 heavy (non-hydrogen) atoms. The monoisotopic (exact) mass is 542 g/mol. The number of carbonyl (C=O) groups is 1. The van der Waals surface area contributed by atoms with Gasteiger partial charge in [-0.1, -0.05) is 71.9 Å². The van der Waals surface area contributed by atoms with Crippen molar-refractivity contribution in [2.45, 2.75) is 19.6 Å². The Bertz CT molecular complexity index is 1450. The van der Waals surface area contributed by atoms with Crippen molar-refractivity contribution in [2.24, 2.45) is 9.39 Å². The van der Waals surface area contributed by atoms with Gasteiger partial charge in [0.05, 0.1) is 17.5 Å². The maximum Gasteiger partial charge on any atom is 0.283 e. The number of aryl methyl sites for hydroxylation is 2. The Morgan fingerprint density at radius 2 is 1.76 bits per heavy atom. The van der Waals surface area contributed by atoms with Crippen LogP contribution >= 0.6 is 23.7 Å². The summed E-state index contributed by atoms with van der Waals surface area (Å²) in [5.41, 5.74) is 4.46. The summed E-state index contributed by atoms with van der Waals surface area (Å²) in [6.07, 6.45) is 1.68. The zero-order chi connectivity index (χ0) is 26.5. The van der Waals surface area contributed by atoms with E-state index in [1.54, 1.807) is 11.0 Å². The number of nitrogens with zero attached hydrogens (tertiary/aromatic N) is 3. The zero-order valence-electron chi connectivity index (χ0n) is 21.0. The van der Waals surface area contributed by atoms with Gasteiger partial charge in [-0.25, -0.2) is 4.90 Å². The second-order valence-electron chi connectivity index (χ2n) is 8.72. The van der Waals surface area contributed by atoms with Crippen molar-refractivity contribution in [1.82, 2.24) is 4.90 Å². The first kappa shape index (κ1) is 25.8. The highest BCUT2D eigenvalue weighted by atomic mass is 32.2. The number of amidine groups is 3. The lowest BCUT2D eigenvalue weighted by Gasteiger charge is -2.24. The third kappa shape index (κ3) is 6.00. The molecule has 0 saturated heterocycles. The Hall–Kier alpha value is -3.82. The molecule has 192 valence electrons. The van der Waals surface area contributed by atoms with Crippen LogP contribution in [0.2, 0.25) is 0 Å². The van der Waals surface area contributed by atoms with Crippen LogP contribution in [0.15, 0.2) is 87.8 Å². The van der Waals surface area contributed by atoms with E-state index in [0.29, 0.717) is 35.1 Å². The van der Waals surface area contributed by atoms with Crippen LogP contribution in [-0.2, 0) is 10.5 Å². The Kier molecular flexibility index (Phi) is 7.95. The molecule has 0 fully saturated rings. The van der Waals surface area contributed by atoms with Crippen molar-refractivity contribution in [3.63, 3.8) is 0 Å². The van der Waals surface area contributed by atoms with Gasteiger partial charge in [0.2, 0.25) is 5.17 Å². The summed E-state index contributed by atoms with van der Waals surface area (Å²) < 4.78 is 16.1. The number of hydrogen-bond acceptors (Lipinski definition) is 7. The van der Waals surface area contributed by atoms with Crippen molar-refractivity contribution in [2.75, 3.05) is 13.2 Å². The van der Waals surface area contributed by atoms with Gasteiger partial charge in [-0.05, 0) is 54.8 Å². The molecule has 2 aliphatic heterocycles. The standard InChI is InChI=1S/C29H26N4O3S2/c1-19-8-13-25(20(2)16-19)36-15-14-35-23-11-9-21(10-12-23)17-24-26(30)33-28(31-27(24)34)38-32-29(33)37-18-22-6-4-3-5-7-22/h3-13,16-17,30H,14-15,18H2,1-2H3. The number of thioether (sulfide) groups is 1. The zero-order valence-corrected chi connectivity index (χ0v) is 22.6. The minimum atomic E-state index is -0.442. The van der Waals surface area contributed by atoms with Gasteiger partial charge in [0.15, 0.2) is 5.17 Å². The van der Waals surface area contributed by atoms with Gasteiger partial charge in [-0.15, -0.1) is 0 Å². The first-order chi connectivity index (χ1) is 18.5. The van der Waals surface area contributed by atoms with Crippen LogP contribution in [0.4, 0.5) is 0 Å². The van der Waals surface area contributed by atoms with Gasteiger partial charge in [-0.2, -0.15) is 9.39 Å². The number of carbonyl (C=O) groups excluding carboxylic acids is 1. The smallest absolute Gasteiger partial charge is 0.283 e. The van der Waals surface area contributed by atoms with E-state index in [4.69, 9.17) is 14.9 Å². The lowest BCUT2D eigenvalue weighted by Crippen LogP contribution is -2.41. The fourth-order valence-electron chi connectivity index (χ4n) is 3.92. The van der Waals surface area contributed by atoms with Crippen LogP contribution in [0.1, 0.15) is 22.3 Å². The first-order valence-electron chi connectivity index (χ1n) is 12.1. The highest BCUT2D eigenvalue weighted by molar-refractivity contribution is 8.18. The van der Waals surface area contributed by atoms with Crippen LogP contribution in [-0.4, -0.2) is 40.2 Å². The number of aliphatic imine (C=N–C) groups is 1. The molecule has 0 bridgehead atoms. The molecule has 0 atom stereocenters. The minimum absolute atomic E-state index is 0.0770. The van der Waals surface area contributed by atoms with Crippen LogP contribution in [0, 0.1) is 19.3 Å². The van der Waals surface area contributed by atoms with E-state index in [9.17, 15) is 4.79 Å². The van der Waals surface area contributed by atoms with Crippen molar-refractivity contribution >= 4 is 51.9 Å². The highest BCUT2D eigenvalue weighted by Crippen LogP contribution is 2.33. The van der Waals surface area contributed by atoms with Gasteiger partial charge in [0.25, 0.3) is 5.91 Å². The normalized spacial score (nSPS) is 15.8. The summed E-state index contributed by atoms with van der Waals surface area (Å²) in [6.45, 7) is 4.92. The molecule has 2 aliphatic rings. The molecule has 0 aromatic heterocycles. The Balaban J connectivity index is 1.19. The average molecular weight is 543 g/mol. The Morgan fingerprint density at radius 1 is 1.00 bits per heavy atom. The Labute approximate surface area is 230 Å². The van der Waals surface area contributed by atoms with E-state index in [1.165, 1.54) is 17.3 Å². The van der Waals surface area contributed by atoms with Crippen molar-refractivity contribution in [3.05, 3.63) is 101 Å². The van der Waals surface area contributed by atoms with Crippen LogP contribution in [0.5, 0.6) is 11.5 Å². The number of fused-ring (bicyclic) bond motifs is 1. The number of nitrogens with one attached hydrogen (secondary N) is 1. The Morgan fingerprint density at radius 3 is 2.53 bits per heavy atom. The summed E-state index contributed by atoms with van der Waals surface area (Å²) in [5, 5.41) is 9.79. The average Bonchev–Trinajstić information content (AvgIpc) is 3.33. The molecular formula is C29H26N4O3S2. The molecule has 2 heterocycles. The first-order valence-corrected chi connectivity index (χ1v) is 13.8. The molecule has 0 saturated carbocycles. The van der Waals surface area contributed by atoms with Crippen LogP contribution in [0.25, 0.3) is 6.08 Å². The predicted molar refractivity (Wildman–Crippen MR) is 156 cm³/mol. The number of benzene rings is 3. The van der Waals surface area contributed by atoms with E-state index in [2.05, 4.69) is 22.4 Å². The molecule has 1 N–H and O–H groups in total. The van der Waals surface area contributed by atoms with Gasteiger partial charge in [0.1, 0.15) is 30.5 Å². The van der Waals surface area contributed by atoms with E-state index >= 15 is 0 Å². The highest BCUT2D eigenvalue weighted by Gasteiger charge is 2.37. The molecule has 0 spiro atoms. The second-order valence-corrected chi connectivity index (χ2v) is 10.4. The van der Waals surface area contributed by atoms with Crippen molar-refractivity contribution < 1.29 is 14.3 Å². The number of ether oxygens (including phenoxy) is 2. The third-order valence-electron chi connectivity index (χ3n) is 5.84. The minimum Gasteiger partial charge on any atom is -0.490 e. The van der Waals surface area contributed by atoms with E-state index in [0.717, 1.165) is 34.4 Å². The lowest BCUT2D eigenvalue weighted by atomic mass is 10.1. The van der Waals surface area contributed by atoms with E-state index in [1.807, 2.05) is 73.7 Å².